The van der Waals surface area contributed by atoms with Crippen LogP contribution in [0, 0.1) is 6.92 Å². The molecule has 0 N–H and O–H groups in total. The first-order valence-electron chi connectivity index (χ1n) is 8.00. The van der Waals surface area contributed by atoms with Crippen LogP contribution in [-0.2, 0) is 11.2 Å². The first-order valence-corrected chi connectivity index (χ1v) is 8.00. The lowest BCUT2D eigenvalue weighted by atomic mass is 10.1. The standard InChI is InChI=1S/C18H21N3O3/c1-13-10-14(4-5-16(13)23-2)11-17(22)21-9-6-15(12-21)24-18-19-7-3-8-20-18/h3-5,7-8,10,15H,6,9,11-12H2,1-2H3. The maximum absolute atomic E-state index is 12.5. The molecule has 2 aromatic rings. The molecule has 1 aliphatic heterocycles. The molecule has 2 heterocycles. The van der Waals surface area contributed by atoms with Crippen LogP contribution in [-0.4, -0.2) is 47.1 Å². The van der Waals surface area contributed by atoms with Crippen LogP contribution in [0.25, 0.3) is 0 Å². The number of rotatable bonds is 5. The largest absolute Gasteiger partial charge is 0.496 e. The molecule has 0 spiro atoms. The van der Waals surface area contributed by atoms with Crippen molar-refractivity contribution in [1.82, 2.24) is 14.9 Å². The summed E-state index contributed by atoms with van der Waals surface area (Å²) < 4.78 is 11.0. The van der Waals surface area contributed by atoms with Crippen molar-refractivity contribution in [1.29, 1.82) is 0 Å². The molecule has 1 saturated heterocycles. The van der Waals surface area contributed by atoms with Gasteiger partial charge in [-0.1, -0.05) is 12.1 Å². The molecule has 1 aliphatic rings. The van der Waals surface area contributed by atoms with E-state index in [1.54, 1.807) is 25.6 Å². The van der Waals surface area contributed by atoms with Gasteiger partial charge in [0.2, 0.25) is 5.91 Å². The number of ether oxygens (including phenoxy) is 2. The average Bonchev–Trinajstić information content (AvgIpc) is 3.04. The molecule has 1 unspecified atom stereocenters. The summed E-state index contributed by atoms with van der Waals surface area (Å²) in [6.07, 6.45) is 4.43. The van der Waals surface area contributed by atoms with Crippen molar-refractivity contribution in [2.24, 2.45) is 0 Å². The molecule has 0 saturated carbocycles. The van der Waals surface area contributed by atoms with Gasteiger partial charge in [-0.2, -0.15) is 0 Å². The van der Waals surface area contributed by atoms with Crippen molar-refractivity contribution in [2.45, 2.75) is 25.9 Å². The van der Waals surface area contributed by atoms with Crippen molar-refractivity contribution >= 4 is 5.91 Å². The lowest BCUT2D eigenvalue weighted by Gasteiger charge is -2.17. The number of hydrogen-bond donors (Lipinski definition) is 0. The molecular formula is C18H21N3O3. The maximum atomic E-state index is 12.5. The first-order chi connectivity index (χ1) is 11.7. The van der Waals surface area contributed by atoms with Gasteiger partial charge in [-0.3, -0.25) is 4.79 Å². The van der Waals surface area contributed by atoms with E-state index in [9.17, 15) is 4.79 Å². The molecule has 126 valence electrons. The smallest absolute Gasteiger partial charge is 0.316 e. The number of hydrogen-bond acceptors (Lipinski definition) is 5. The Kier molecular flexibility index (Phi) is 4.93. The van der Waals surface area contributed by atoms with Crippen LogP contribution in [0.15, 0.2) is 36.7 Å². The van der Waals surface area contributed by atoms with E-state index in [0.717, 1.165) is 23.3 Å². The molecule has 0 aliphatic carbocycles. The van der Waals surface area contributed by atoms with Gasteiger partial charge in [-0.15, -0.1) is 0 Å². The van der Waals surface area contributed by atoms with Crippen LogP contribution in [0.3, 0.4) is 0 Å². The number of aromatic nitrogens is 2. The third-order valence-electron chi connectivity index (χ3n) is 4.13. The molecule has 1 aromatic carbocycles. The van der Waals surface area contributed by atoms with Crippen LogP contribution in [0.5, 0.6) is 11.8 Å². The summed E-state index contributed by atoms with van der Waals surface area (Å²) in [6.45, 7) is 3.25. The van der Waals surface area contributed by atoms with Gasteiger partial charge in [0.1, 0.15) is 11.9 Å². The average molecular weight is 327 g/mol. The van der Waals surface area contributed by atoms with Gasteiger partial charge in [-0.05, 0) is 30.2 Å². The Bertz CT molecular complexity index is 706. The molecule has 1 atom stereocenters. The highest BCUT2D eigenvalue weighted by Crippen LogP contribution is 2.20. The molecule has 6 nitrogen and oxygen atoms in total. The fourth-order valence-corrected chi connectivity index (χ4v) is 2.88. The molecule has 3 rings (SSSR count). The summed E-state index contributed by atoms with van der Waals surface area (Å²) in [4.78, 5) is 22.4. The van der Waals surface area contributed by atoms with Gasteiger partial charge >= 0.3 is 6.01 Å². The number of benzene rings is 1. The predicted molar refractivity (Wildman–Crippen MR) is 89.1 cm³/mol. The van der Waals surface area contributed by atoms with Gasteiger partial charge in [0.05, 0.1) is 20.1 Å². The zero-order valence-corrected chi connectivity index (χ0v) is 13.9. The Hall–Kier alpha value is -2.63. The number of carbonyl (C=O) groups is 1. The lowest BCUT2D eigenvalue weighted by molar-refractivity contribution is -0.129. The number of carbonyl (C=O) groups excluding carboxylic acids is 1. The van der Waals surface area contributed by atoms with Gasteiger partial charge < -0.3 is 14.4 Å². The zero-order valence-electron chi connectivity index (χ0n) is 13.9. The van der Waals surface area contributed by atoms with E-state index >= 15 is 0 Å². The second-order valence-corrected chi connectivity index (χ2v) is 5.88. The number of methoxy groups -OCH3 is 1. The van der Waals surface area contributed by atoms with Gasteiger partial charge in [0.25, 0.3) is 0 Å². The van der Waals surface area contributed by atoms with Crippen LogP contribution >= 0.6 is 0 Å². The molecule has 6 heteroatoms. The fraction of sp³-hybridized carbons (Fsp3) is 0.389. The first kappa shape index (κ1) is 16.2. The van der Waals surface area contributed by atoms with E-state index in [0.29, 0.717) is 25.5 Å². The Morgan fingerprint density at radius 2 is 2.12 bits per heavy atom. The third-order valence-corrected chi connectivity index (χ3v) is 4.13. The number of amides is 1. The summed E-state index contributed by atoms with van der Waals surface area (Å²) in [7, 11) is 1.65. The molecule has 1 amide bonds. The van der Waals surface area contributed by atoms with Crippen molar-refractivity contribution in [2.75, 3.05) is 20.2 Å². The molecule has 0 radical (unpaired) electrons. The minimum absolute atomic E-state index is 0.0473. The number of aryl methyl sites for hydroxylation is 1. The predicted octanol–water partition coefficient (Wildman–Crippen LogP) is 2.02. The van der Waals surface area contributed by atoms with E-state index in [2.05, 4.69) is 9.97 Å². The van der Waals surface area contributed by atoms with Gasteiger partial charge in [0, 0.05) is 25.4 Å². The highest BCUT2D eigenvalue weighted by molar-refractivity contribution is 5.79. The van der Waals surface area contributed by atoms with E-state index in [1.165, 1.54) is 0 Å². The topological polar surface area (TPSA) is 64.5 Å². The highest BCUT2D eigenvalue weighted by atomic mass is 16.5. The number of nitrogens with zero attached hydrogens (tertiary/aromatic N) is 3. The van der Waals surface area contributed by atoms with Crippen molar-refractivity contribution in [3.8, 4) is 11.8 Å². The Morgan fingerprint density at radius 3 is 2.83 bits per heavy atom. The van der Waals surface area contributed by atoms with Crippen molar-refractivity contribution in [3.05, 3.63) is 47.8 Å². The van der Waals surface area contributed by atoms with E-state index in [-0.39, 0.29) is 12.0 Å². The Balaban J connectivity index is 1.55. The fourth-order valence-electron chi connectivity index (χ4n) is 2.88. The Morgan fingerprint density at radius 1 is 1.33 bits per heavy atom. The second-order valence-electron chi connectivity index (χ2n) is 5.88. The maximum Gasteiger partial charge on any atom is 0.316 e. The summed E-state index contributed by atoms with van der Waals surface area (Å²) in [6, 6.07) is 7.95. The lowest BCUT2D eigenvalue weighted by Crippen LogP contribution is -2.32. The summed E-state index contributed by atoms with van der Waals surface area (Å²) in [5.41, 5.74) is 2.03. The molecule has 1 fully saturated rings. The summed E-state index contributed by atoms with van der Waals surface area (Å²) >= 11 is 0. The van der Waals surface area contributed by atoms with Crippen LogP contribution in [0.1, 0.15) is 17.5 Å². The second kappa shape index (κ2) is 7.29. The van der Waals surface area contributed by atoms with Crippen molar-refractivity contribution in [3.63, 3.8) is 0 Å². The molecule has 24 heavy (non-hydrogen) atoms. The monoisotopic (exact) mass is 327 g/mol. The van der Waals surface area contributed by atoms with E-state index < -0.39 is 0 Å². The van der Waals surface area contributed by atoms with Gasteiger partial charge in [0.15, 0.2) is 0 Å². The molecule has 0 bridgehead atoms. The summed E-state index contributed by atoms with van der Waals surface area (Å²) in [5.74, 6) is 0.948. The third kappa shape index (κ3) is 3.82. The zero-order chi connectivity index (χ0) is 16.9. The van der Waals surface area contributed by atoms with Crippen molar-refractivity contribution < 1.29 is 14.3 Å². The minimum atomic E-state index is -0.0473. The normalized spacial score (nSPS) is 16.9. The molecule has 1 aromatic heterocycles. The molecular weight excluding hydrogens is 306 g/mol. The highest BCUT2D eigenvalue weighted by Gasteiger charge is 2.28. The minimum Gasteiger partial charge on any atom is -0.496 e. The van der Waals surface area contributed by atoms with E-state index in [1.807, 2.05) is 30.0 Å². The van der Waals surface area contributed by atoms with Crippen LogP contribution < -0.4 is 9.47 Å². The SMILES string of the molecule is COc1ccc(CC(=O)N2CCC(Oc3ncccn3)C2)cc1C. The summed E-state index contributed by atoms with van der Waals surface area (Å²) in [5, 5.41) is 0. The Labute approximate surface area is 141 Å². The quantitative estimate of drug-likeness (QED) is 0.840. The van der Waals surface area contributed by atoms with Crippen LogP contribution in [0.2, 0.25) is 0 Å². The van der Waals surface area contributed by atoms with Gasteiger partial charge in [-0.25, -0.2) is 9.97 Å². The van der Waals surface area contributed by atoms with E-state index in [4.69, 9.17) is 9.47 Å². The van der Waals surface area contributed by atoms with Crippen LogP contribution in [0.4, 0.5) is 0 Å². The number of likely N-dealkylation sites (tertiary alicyclic amines) is 1.